The van der Waals surface area contributed by atoms with Gasteiger partial charge in [0.25, 0.3) is 0 Å². The van der Waals surface area contributed by atoms with Gasteiger partial charge in [0.1, 0.15) is 12.7 Å². The van der Waals surface area contributed by atoms with E-state index in [0.717, 1.165) is 50.2 Å². The van der Waals surface area contributed by atoms with Crippen molar-refractivity contribution in [3.63, 3.8) is 0 Å². The van der Waals surface area contributed by atoms with Gasteiger partial charge in [-0.05, 0) is 53.6 Å². The highest BCUT2D eigenvalue weighted by Crippen LogP contribution is 2.11. The van der Waals surface area contributed by atoms with Crippen molar-refractivity contribution < 1.29 is 38.1 Å². The monoisotopic (exact) mass is 453 g/mol. The second kappa shape index (κ2) is 15.2. The summed E-state index contributed by atoms with van der Waals surface area (Å²) in [5.41, 5.74) is 0. The number of piperidine rings is 1. The van der Waals surface area contributed by atoms with Crippen LogP contribution in [0, 0.1) is 0 Å². The van der Waals surface area contributed by atoms with Crippen LogP contribution in [0.2, 0.25) is 0 Å². The highest BCUT2D eigenvalue weighted by atomic mass is 16.6. The maximum absolute atomic E-state index is 12.1. The fourth-order valence-electron chi connectivity index (χ4n) is 2.93. The number of ether oxygens (including phenoxy) is 4. The van der Waals surface area contributed by atoms with Crippen LogP contribution in [0.15, 0.2) is 24.3 Å². The van der Waals surface area contributed by atoms with Gasteiger partial charge in [-0.15, -0.1) is 0 Å². The molecule has 0 aliphatic carbocycles. The van der Waals surface area contributed by atoms with E-state index in [-0.39, 0.29) is 18.8 Å². The third kappa shape index (κ3) is 13.6. The van der Waals surface area contributed by atoms with Crippen LogP contribution in [0.25, 0.3) is 0 Å². The summed E-state index contributed by atoms with van der Waals surface area (Å²) in [7, 11) is 0. The predicted molar refractivity (Wildman–Crippen MR) is 116 cm³/mol. The standard InChI is InChI=1S/C23H35NO8/c1-17(2)30-21(26)9-8-20(25)29-16-19(12-15-24-13-6-5-7-14-24)32-23(28)11-10-22(27)31-18(3)4/h8-11,17-19H,5-7,12-16H2,1-4H3/b9-8+,11-10+. The molecular formula is C23H35NO8. The second-order valence-corrected chi connectivity index (χ2v) is 8.02. The smallest absolute Gasteiger partial charge is 0.331 e. The van der Waals surface area contributed by atoms with Crippen LogP contribution < -0.4 is 0 Å². The van der Waals surface area contributed by atoms with Crippen molar-refractivity contribution in [3.8, 4) is 0 Å². The van der Waals surface area contributed by atoms with Gasteiger partial charge in [0, 0.05) is 37.3 Å². The highest BCUT2D eigenvalue weighted by Gasteiger charge is 2.19. The van der Waals surface area contributed by atoms with E-state index in [1.165, 1.54) is 6.42 Å². The number of carbonyl (C=O) groups excluding carboxylic acids is 4. The minimum atomic E-state index is -0.749. The third-order valence-electron chi connectivity index (χ3n) is 4.33. The number of nitrogens with zero attached hydrogens (tertiary/aromatic N) is 1. The van der Waals surface area contributed by atoms with E-state index in [1.807, 2.05) is 0 Å². The summed E-state index contributed by atoms with van der Waals surface area (Å²) in [4.78, 5) is 49.3. The van der Waals surface area contributed by atoms with Gasteiger partial charge in [-0.25, -0.2) is 19.2 Å². The van der Waals surface area contributed by atoms with Crippen LogP contribution in [0.5, 0.6) is 0 Å². The van der Waals surface area contributed by atoms with Gasteiger partial charge in [-0.2, -0.15) is 0 Å². The first-order valence-corrected chi connectivity index (χ1v) is 11.0. The number of carbonyl (C=O) groups is 4. The van der Waals surface area contributed by atoms with E-state index in [1.54, 1.807) is 27.7 Å². The molecule has 0 bridgehead atoms. The Morgan fingerprint density at radius 1 is 0.719 bits per heavy atom. The minimum Gasteiger partial charge on any atom is -0.460 e. The van der Waals surface area contributed by atoms with Crippen LogP contribution in [0.4, 0.5) is 0 Å². The van der Waals surface area contributed by atoms with E-state index < -0.39 is 30.0 Å². The summed E-state index contributed by atoms with van der Waals surface area (Å²) >= 11 is 0. The first-order valence-electron chi connectivity index (χ1n) is 11.0. The molecule has 0 spiro atoms. The Labute approximate surface area is 189 Å². The minimum absolute atomic E-state index is 0.174. The van der Waals surface area contributed by atoms with Crippen molar-refractivity contribution in [2.24, 2.45) is 0 Å². The Hall–Kier alpha value is -2.68. The maximum Gasteiger partial charge on any atom is 0.331 e. The SMILES string of the molecule is CC(C)OC(=O)/C=C/C(=O)OCC(CCN1CCCCC1)OC(=O)/C=C/C(=O)OC(C)C. The summed E-state index contributed by atoms with van der Waals surface area (Å²) in [6.45, 7) is 9.25. The van der Waals surface area contributed by atoms with E-state index in [0.29, 0.717) is 13.0 Å². The number of esters is 4. The van der Waals surface area contributed by atoms with Gasteiger partial charge in [0.05, 0.1) is 12.2 Å². The van der Waals surface area contributed by atoms with Crippen LogP contribution in [-0.4, -0.2) is 73.3 Å². The molecule has 9 heteroatoms. The van der Waals surface area contributed by atoms with Crippen molar-refractivity contribution in [1.29, 1.82) is 0 Å². The van der Waals surface area contributed by atoms with Crippen molar-refractivity contribution >= 4 is 23.9 Å². The molecular weight excluding hydrogens is 418 g/mol. The average molecular weight is 454 g/mol. The van der Waals surface area contributed by atoms with Gasteiger partial charge >= 0.3 is 23.9 Å². The molecule has 1 heterocycles. The zero-order valence-electron chi connectivity index (χ0n) is 19.4. The molecule has 0 aromatic rings. The summed E-state index contributed by atoms with van der Waals surface area (Å²) in [6.07, 6.45) is 6.55. The molecule has 0 radical (unpaired) electrons. The summed E-state index contributed by atoms with van der Waals surface area (Å²) in [5.74, 6) is -2.78. The Bertz CT molecular complexity index is 677. The zero-order valence-corrected chi connectivity index (χ0v) is 19.4. The zero-order chi connectivity index (χ0) is 23.9. The van der Waals surface area contributed by atoms with Gasteiger partial charge < -0.3 is 23.8 Å². The fraction of sp³-hybridized carbons (Fsp3) is 0.652. The lowest BCUT2D eigenvalue weighted by Gasteiger charge is -2.28. The molecule has 1 rings (SSSR count). The normalized spacial score (nSPS) is 15.8. The lowest BCUT2D eigenvalue weighted by molar-refractivity contribution is -0.153. The first-order chi connectivity index (χ1) is 15.2. The van der Waals surface area contributed by atoms with E-state index in [9.17, 15) is 19.2 Å². The topological polar surface area (TPSA) is 108 Å². The molecule has 180 valence electrons. The Balaban J connectivity index is 2.60. The number of hydrogen-bond donors (Lipinski definition) is 0. The van der Waals surface area contributed by atoms with Crippen LogP contribution >= 0.6 is 0 Å². The first kappa shape index (κ1) is 27.4. The lowest BCUT2D eigenvalue weighted by atomic mass is 10.1. The number of likely N-dealkylation sites (tertiary alicyclic amines) is 1. The molecule has 1 saturated heterocycles. The van der Waals surface area contributed by atoms with Gasteiger partial charge in [0.15, 0.2) is 0 Å². The summed E-state index contributed by atoms with van der Waals surface area (Å²) in [6, 6.07) is 0. The molecule has 1 atom stereocenters. The van der Waals surface area contributed by atoms with Gasteiger partial charge in [0.2, 0.25) is 0 Å². The van der Waals surface area contributed by atoms with Gasteiger partial charge in [-0.3, -0.25) is 0 Å². The number of rotatable bonds is 12. The van der Waals surface area contributed by atoms with E-state index >= 15 is 0 Å². The van der Waals surface area contributed by atoms with Crippen molar-refractivity contribution in [1.82, 2.24) is 4.90 Å². The molecule has 32 heavy (non-hydrogen) atoms. The maximum atomic E-state index is 12.1. The quantitative estimate of drug-likeness (QED) is 0.250. The van der Waals surface area contributed by atoms with E-state index in [4.69, 9.17) is 18.9 Å². The lowest BCUT2D eigenvalue weighted by Crippen LogP contribution is -2.34. The summed E-state index contributed by atoms with van der Waals surface area (Å²) in [5, 5.41) is 0. The molecule has 0 aromatic carbocycles. The largest absolute Gasteiger partial charge is 0.460 e. The molecule has 0 N–H and O–H groups in total. The Morgan fingerprint density at radius 2 is 1.19 bits per heavy atom. The Morgan fingerprint density at radius 3 is 1.69 bits per heavy atom. The van der Waals surface area contributed by atoms with Crippen molar-refractivity contribution in [3.05, 3.63) is 24.3 Å². The number of hydrogen-bond acceptors (Lipinski definition) is 9. The molecule has 0 saturated carbocycles. The van der Waals surface area contributed by atoms with Crippen molar-refractivity contribution in [2.45, 2.75) is 71.7 Å². The second-order valence-electron chi connectivity index (χ2n) is 8.02. The van der Waals surface area contributed by atoms with Crippen LogP contribution in [0.1, 0.15) is 53.4 Å². The predicted octanol–water partition coefficient (Wildman–Crippen LogP) is 2.33. The molecule has 1 unspecified atom stereocenters. The molecule has 0 aromatic heterocycles. The third-order valence-corrected chi connectivity index (χ3v) is 4.33. The van der Waals surface area contributed by atoms with Crippen LogP contribution in [-0.2, 0) is 38.1 Å². The summed E-state index contributed by atoms with van der Waals surface area (Å²) < 4.78 is 20.3. The van der Waals surface area contributed by atoms with Crippen LogP contribution in [0.3, 0.4) is 0 Å². The van der Waals surface area contributed by atoms with Crippen molar-refractivity contribution in [2.75, 3.05) is 26.2 Å². The Kier molecular flexibility index (Phi) is 13.0. The molecule has 1 aliphatic rings. The van der Waals surface area contributed by atoms with Gasteiger partial charge in [-0.1, -0.05) is 6.42 Å². The molecule has 0 amide bonds. The van der Waals surface area contributed by atoms with E-state index in [2.05, 4.69) is 4.90 Å². The average Bonchev–Trinajstić information content (AvgIpc) is 2.72. The highest BCUT2D eigenvalue weighted by molar-refractivity contribution is 5.92. The molecule has 9 nitrogen and oxygen atoms in total. The molecule has 1 fully saturated rings. The molecule has 1 aliphatic heterocycles. The fourth-order valence-corrected chi connectivity index (χ4v) is 2.93.